The van der Waals surface area contributed by atoms with E-state index in [1.54, 1.807) is 14.2 Å². The van der Waals surface area contributed by atoms with Crippen molar-refractivity contribution in [1.29, 1.82) is 0 Å². The van der Waals surface area contributed by atoms with E-state index in [9.17, 15) is 4.79 Å². The Morgan fingerprint density at radius 1 is 1.11 bits per heavy atom. The maximum absolute atomic E-state index is 13.2. The topological polar surface area (TPSA) is 48.5 Å². The van der Waals surface area contributed by atoms with E-state index in [0.717, 1.165) is 43.9 Å². The van der Waals surface area contributed by atoms with Crippen LogP contribution in [-0.4, -0.2) is 101 Å². The highest BCUT2D eigenvalue weighted by molar-refractivity contribution is 5.96. The number of amides is 1. The van der Waals surface area contributed by atoms with Crippen molar-refractivity contribution < 1.29 is 14.3 Å². The summed E-state index contributed by atoms with van der Waals surface area (Å²) in [5.41, 5.74) is 2.08. The zero-order valence-corrected chi connectivity index (χ0v) is 17.2. The zero-order valence-electron chi connectivity index (χ0n) is 17.2. The van der Waals surface area contributed by atoms with E-state index in [1.165, 1.54) is 0 Å². The molecule has 2 aliphatic heterocycles. The number of ether oxygens (including phenoxy) is 2. The summed E-state index contributed by atoms with van der Waals surface area (Å²) in [5.74, 6) is 1.53. The number of carbonyl (C=O) groups is 1. The van der Waals surface area contributed by atoms with Crippen LogP contribution in [0, 0.1) is 0 Å². The van der Waals surface area contributed by atoms with E-state index in [-0.39, 0.29) is 11.9 Å². The lowest BCUT2D eigenvalue weighted by Gasteiger charge is -2.39. The van der Waals surface area contributed by atoms with Crippen LogP contribution in [0.1, 0.15) is 5.56 Å². The maximum Gasteiger partial charge on any atom is 0.241 e. The molecule has 0 aromatic heterocycles. The van der Waals surface area contributed by atoms with Gasteiger partial charge in [0.15, 0.2) is 11.5 Å². The van der Waals surface area contributed by atoms with Gasteiger partial charge in [-0.1, -0.05) is 0 Å². The van der Waals surface area contributed by atoms with Crippen LogP contribution >= 0.6 is 0 Å². The Morgan fingerprint density at radius 3 is 2.33 bits per heavy atom. The Kier molecular flexibility index (Phi) is 6.24. The lowest BCUT2D eigenvalue weighted by molar-refractivity contribution is -0.120. The number of fused-ring (bicyclic) bond motifs is 1. The second-order valence-corrected chi connectivity index (χ2v) is 7.74. The van der Waals surface area contributed by atoms with Crippen LogP contribution in [0.25, 0.3) is 0 Å². The van der Waals surface area contributed by atoms with Gasteiger partial charge in [-0.2, -0.15) is 0 Å². The fraction of sp³-hybridized carbons (Fsp3) is 0.650. The summed E-state index contributed by atoms with van der Waals surface area (Å²) in [5, 5.41) is 0. The molecule has 0 saturated carbocycles. The number of methoxy groups -OCH3 is 2. The molecule has 2 aliphatic rings. The van der Waals surface area contributed by atoms with E-state index in [0.29, 0.717) is 24.6 Å². The summed E-state index contributed by atoms with van der Waals surface area (Å²) in [6, 6.07) is 4.24. The molecule has 0 N–H and O–H groups in total. The molecule has 1 saturated heterocycles. The van der Waals surface area contributed by atoms with Crippen LogP contribution in [0.4, 0.5) is 5.69 Å². The number of hydrogen-bond acceptors (Lipinski definition) is 6. The second kappa shape index (κ2) is 8.46. The van der Waals surface area contributed by atoms with Gasteiger partial charge >= 0.3 is 0 Å². The average molecular weight is 377 g/mol. The minimum Gasteiger partial charge on any atom is -0.493 e. The standard InChI is InChI=1S/C20H32N4O3/c1-21(2)16-10-15-11-18(26-4)19(27-5)12-17(15)24(13-16)20(25)14-23-8-6-22(3)7-9-23/h11-12,16H,6-10,13-14H2,1-5H3. The number of likely N-dealkylation sites (N-methyl/N-ethyl adjacent to an activating group) is 2. The third-order valence-corrected chi connectivity index (χ3v) is 5.71. The molecule has 1 fully saturated rings. The Labute approximate surface area is 162 Å². The third-order valence-electron chi connectivity index (χ3n) is 5.71. The van der Waals surface area contributed by atoms with Gasteiger partial charge in [0.1, 0.15) is 0 Å². The first-order valence-corrected chi connectivity index (χ1v) is 9.55. The number of hydrogen-bond donors (Lipinski definition) is 0. The first-order valence-electron chi connectivity index (χ1n) is 9.55. The zero-order chi connectivity index (χ0) is 19.6. The normalized spacial score (nSPS) is 21.3. The molecule has 150 valence electrons. The van der Waals surface area contributed by atoms with E-state index >= 15 is 0 Å². The predicted octanol–water partition coefficient (Wildman–Crippen LogP) is 0.771. The molecule has 2 heterocycles. The van der Waals surface area contributed by atoms with Gasteiger partial charge in [0.2, 0.25) is 5.91 Å². The summed E-state index contributed by atoms with van der Waals surface area (Å²) in [7, 11) is 9.54. The minimum absolute atomic E-state index is 0.152. The molecule has 1 aromatic carbocycles. The minimum atomic E-state index is 0.152. The molecule has 1 unspecified atom stereocenters. The molecule has 7 nitrogen and oxygen atoms in total. The van der Waals surface area contributed by atoms with Crippen LogP contribution in [0.3, 0.4) is 0 Å². The van der Waals surface area contributed by atoms with Crippen LogP contribution in [0.2, 0.25) is 0 Å². The number of benzene rings is 1. The molecule has 0 aliphatic carbocycles. The first-order chi connectivity index (χ1) is 12.9. The smallest absolute Gasteiger partial charge is 0.241 e. The summed E-state index contributed by atoms with van der Waals surface area (Å²) in [6.07, 6.45) is 0.890. The second-order valence-electron chi connectivity index (χ2n) is 7.74. The van der Waals surface area contributed by atoms with Crippen molar-refractivity contribution in [2.24, 2.45) is 0 Å². The fourth-order valence-electron chi connectivity index (χ4n) is 3.82. The van der Waals surface area contributed by atoms with Gasteiger partial charge in [0, 0.05) is 44.8 Å². The monoisotopic (exact) mass is 376 g/mol. The Balaban J connectivity index is 1.86. The van der Waals surface area contributed by atoms with Crippen molar-refractivity contribution in [2.45, 2.75) is 12.5 Å². The first kappa shape index (κ1) is 19.9. The van der Waals surface area contributed by atoms with Gasteiger partial charge in [-0.25, -0.2) is 0 Å². The van der Waals surface area contributed by atoms with Gasteiger partial charge in [-0.3, -0.25) is 9.69 Å². The molecule has 7 heteroatoms. The summed E-state index contributed by atoms with van der Waals surface area (Å²) in [4.78, 5) is 21.9. The van der Waals surface area contributed by atoms with Crippen molar-refractivity contribution in [1.82, 2.24) is 14.7 Å². The largest absolute Gasteiger partial charge is 0.493 e. The molecule has 1 aromatic rings. The Hall–Kier alpha value is -1.83. The number of piperazine rings is 1. The molecule has 0 radical (unpaired) electrons. The SMILES string of the molecule is COc1cc2c(cc1OC)N(C(=O)CN1CCN(C)CC1)CC(N(C)C)C2. The van der Waals surface area contributed by atoms with Gasteiger partial charge in [0.25, 0.3) is 0 Å². The molecule has 0 spiro atoms. The van der Waals surface area contributed by atoms with Gasteiger partial charge in [-0.15, -0.1) is 0 Å². The van der Waals surface area contributed by atoms with Crippen molar-refractivity contribution in [2.75, 3.05) is 79.5 Å². The van der Waals surface area contributed by atoms with Gasteiger partial charge in [0.05, 0.1) is 26.5 Å². The number of anilines is 1. The molecule has 1 amide bonds. The molecule has 0 bridgehead atoms. The highest BCUT2D eigenvalue weighted by Gasteiger charge is 2.32. The van der Waals surface area contributed by atoms with E-state index < -0.39 is 0 Å². The predicted molar refractivity (Wildman–Crippen MR) is 107 cm³/mol. The van der Waals surface area contributed by atoms with Crippen molar-refractivity contribution in [3.63, 3.8) is 0 Å². The Bertz CT molecular complexity index is 671. The highest BCUT2D eigenvalue weighted by Crippen LogP contribution is 2.38. The summed E-state index contributed by atoms with van der Waals surface area (Å²) >= 11 is 0. The van der Waals surface area contributed by atoms with Gasteiger partial charge in [-0.05, 0) is 39.2 Å². The Morgan fingerprint density at radius 2 is 1.74 bits per heavy atom. The highest BCUT2D eigenvalue weighted by atomic mass is 16.5. The lowest BCUT2D eigenvalue weighted by Crippen LogP contribution is -2.53. The number of rotatable bonds is 5. The molecule has 27 heavy (non-hydrogen) atoms. The van der Waals surface area contributed by atoms with E-state index in [1.807, 2.05) is 17.0 Å². The summed E-state index contributed by atoms with van der Waals surface area (Å²) in [6.45, 7) is 5.05. The molecule has 1 atom stereocenters. The molecule has 3 rings (SSSR count). The number of carbonyl (C=O) groups excluding carboxylic acids is 1. The lowest BCUT2D eigenvalue weighted by atomic mass is 9.96. The van der Waals surface area contributed by atoms with Crippen molar-refractivity contribution >= 4 is 11.6 Å². The van der Waals surface area contributed by atoms with Crippen LogP contribution in [0.15, 0.2) is 12.1 Å². The van der Waals surface area contributed by atoms with Crippen LogP contribution in [-0.2, 0) is 11.2 Å². The quantitative estimate of drug-likeness (QED) is 0.757. The van der Waals surface area contributed by atoms with E-state index in [4.69, 9.17) is 9.47 Å². The third kappa shape index (κ3) is 4.36. The fourth-order valence-corrected chi connectivity index (χ4v) is 3.82. The van der Waals surface area contributed by atoms with Crippen molar-refractivity contribution in [3.8, 4) is 11.5 Å². The molecular formula is C20H32N4O3. The molecular weight excluding hydrogens is 344 g/mol. The number of nitrogens with zero attached hydrogens (tertiary/aromatic N) is 4. The van der Waals surface area contributed by atoms with Crippen molar-refractivity contribution in [3.05, 3.63) is 17.7 Å². The van der Waals surface area contributed by atoms with E-state index in [2.05, 4.69) is 35.8 Å². The van der Waals surface area contributed by atoms with Gasteiger partial charge < -0.3 is 24.2 Å². The average Bonchev–Trinajstić information content (AvgIpc) is 2.67. The van der Waals surface area contributed by atoms with Crippen LogP contribution in [0.5, 0.6) is 11.5 Å². The summed E-state index contributed by atoms with van der Waals surface area (Å²) < 4.78 is 10.9. The maximum atomic E-state index is 13.2. The van der Waals surface area contributed by atoms with Crippen LogP contribution < -0.4 is 14.4 Å².